The van der Waals surface area contributed by atoms with Crippen molar-refractivity contribution in [1.29, 1.82) is 0 Å². The Labute approximate surface area is 76.0 Å². The van der Waals surface area contributed by atoms with Crippen LogP contribution in [-0.2, 0) is 20.4 Å². The fourth-order valence-corrected chi connectivity index (χ4v) is 0.850. The van der Waals surface area contributed by atoms with Gasteiger partial charge in [0.2, 0.25) is 0 Å². The van der Waals surface area contributed by atoms with Crippen LogP contribution in [0.5, 0.6) is 0 Å². The van der Waals surface area contributed by atoms with Gasteiger partial charge in [0.1, 0.15) is 5.91 Å². The normalized spacial score (nSPS) is 12.7. The molecule has 0 bridgehead atoms. The molecule has 0 spiro atoms. The van der Waals surface area contributed by atoms with Crippen molar-refractivity contribution in [2.75, 3.05) is 0 Å². The summed E-state index contributed by atoms with van der Waals surface area (Å²) in [5.41, 5.74) is 0.509. The van der Waals surface area contributed by atoms with E-state index in [-0.39, 0.29) is 31.5 Å². The Morgan fingerprint density at radius 3 is 1.83 bits per heavy atom. The van der Waals surface area contributed by atoms with E-state index < -0.39 is 11.8 Å². The quantitative estimate of drug-likeness (QED) is 0.318. The van der Waals surface area contributed by atoms with Gasteiger partial charge in [-0.3, -0.25) is 11.0 Å². The molecule has 2 heterocycles. The molecular formula is C6H2N2O2ReRf-2. The van der Waals surface area contributed by atoms with E-state index in [1.54, 1.807) is 0 Å². The monoisotopic (exact) mass is 588 g/mol. The third-order valence-corrected chi connectivity index (χ3v) is 1.31. The maximum Gasteiger partial charge on any atom is 0.142 e. The zero-order valence-corrected chi connectivity index (χ0v) is 15.0. The number of nitrogens with one attached hydrogen (secondary N) is 2. The largest absolute Gasteiger partial charge is 0.556 e. The van der Waals surface area contributed by atoms with Gasteiger partial charge in [0.15, 0.2) is 0 Å². The van der Waals surface area contributed by atoms with Gasteiger partial charge >= 0.3 is 0 Å². The molecule has 59 valence electrons. The minimum atomic E-state index is -0.405. The van der Waals surface area contributed by atoms with E-state index in [1.807, 2.05) is 0 Å². The summed E-state index contributed by atoms with van der Waals surface area (Å²) >= 11 is 0. The minimum Gasteiger partial charge on any atom is -0.556 e. The molecule has 0 unspecified atom stereocenters. The summed E-state index contributed by atoms with van der Waals surface area (Å²) in [7, 11) is 0. The second kappa shape index (κ2) is 2.99. The molecule has 2 N–H and O–H groups in total. The molecule has 4 nitrogen and oxygen atoms in total. The Balaban J connectivity index is 0.000000605. The summed E-state index contributed by atoms with van der Waals surface area (Å²) < 4.78 is 0. The van der Waals surface area contributed by atoms with Crippen LogP contribution < -0.4 is 5.32 Å². The molecule has 1 aliphatic rings. The molecule has 0 saturated heterocycles. The third kappa shape index (κ3) is 1.01. The Kier molecular flexibility index (Phi) is 2.51. The number of rotatable bonds is 0. The average Bonchev–Trinajstić information content (AvgIpc) is 2.39. The van der Waals surface area contributed by atoms with Crippen LogP contribution in [0.15, 0.2) is 0 Å². The number of aromatic nitrogens is 1. The van der Waals surface area contributed by atoms with Crippen molar-refractivity contribution in [1.82, 2.24) is 10.3 Å². The predicted molar refractivity (Wildman–Crippen MR) is 30.3 cm³/mol. The number of carbonyl (C=O) groups excluding carboxylic acids is 2. The van der Waals surface area contributed by atoms with Crippen LogP contribution in [0.3, 0.4) is 0 Å². The first kappa shape index (κ1) is 10.1. The summed E-state index contributed by atoms with van der Waals surface area (Å²) in [5, 5.41) is 2.10. The fraction of sp³-hybridized carbons (Fsp3) is 0. The van der Waals surface area contributed by atoms with Crippen LogP contribution in [0, 0.1) is 12.4 Å². The van der Waals surface area contributed by atoms with Crippen LogP contribution in [0.25, 0.3) is 0 Å². The number of fused-ring (bicyclic) bond motifs is 1. The molecule has 12 heavy (non-hydrogen) atoms. The SMILES string of the molecule is O=C1NC(=O)c2[c-][nH][c-]c21.[Re].[Rf]. The Bertz CT molecular complexity index is 295. The molecule has 0 aromatic carbocycles. The molecule has 2 rings (SSSR count). The first-order chi connectivity index (χ1) is 4.79. The van der Waals surface area contributed by atoms with Crippen molar-refractivity contribution in [3.05, 3.63) is 23.5 Å². The molecule has 0 atom stereocenters. The number of amides is 2. The number of carbonyl (C=O) groups is 2. The Morgan fingerprint density at radius 1 is 1.00 bits per heavy atom. The molecular weight excluding hydrogens is 585 g/mol. The van der Waals surface area contributed by atoms with E-state index in [0.717, 1.165) is 0 Å². The van der Waals surface area contributed by atoms with Crippen molar-refractivity contribution < 1.29 is 30.0 Å². The van der Waals surface area contributed by atoms with Crippen LogP contribution >= 0.6 is 0 Å². The van der Waals surface area contributed by atoms with E-state index >= 15 is 0 Å². The molecule has 0 saturated carbocycles. The fourth-order valence-electron chi connectivity index (χ4n) is 0.850. The number of imide groups is 1. The van der Waals surface area contributed by atoms with Crippen LogP contribution in [0.1, 0.15) is 20.7 Å². The van der Waals surface area contributed by atoms with Crippen molar-refractivity contribution >= 4 is 11.8 Å². The molecule has 1 radical (unpaired) electrons. The van der Waals surface area contributed by atoms with E-state index in [9.17, 15) is 9.59 Å². The van der Waals surface area contributed by atoms with Gasteiger partial charge in [0.25, 0.3) is 0 Å². The number of H-pyrrole nitrogens is 1. The number of hydrogen-bond donors (Lipinski definition) is 2. The molecule has 0 fully saturated rings. The van der Waals surface area contributed by atoms with Crippen molar-refractivity contribution in [3.8, 4) is 0 Å². The predicted octanol–water partition coefficient (Wildman–Crippen LogP) is -0.504. The zero-order valence-electron chi connectivity index (χ0n) is 5.90. The molecule has 1 aliphatic heterocycles. The van der Waals surface area contributed by atoms with Gasteiger partial charge in [0, 0.05) is 20.4 Å². The minimum absolute atomic E-state index is 0. The molecule has 1 aromatic rings. The van der Waals surface area contributed by atoms with E-state index in [4.69, 9.17) is 0 Å². The second-order valence-electron chi connectivity index (χ2n) is 1.91. The average molecular weight is 587 g/mol. The van der Waals surface area contributed by atoms with Crippen molar-refractivity contribution in [2.24, 2.45) is 0 Å². The summed E-state index contributed by atoms with van der Waals surface area (Å²) in [6, 6.07) is 0. The van der Waals surface area contributed by atoms with Gasteiger partial charge in [-0.2, -0.15) is 5.56 Å². The zero-order chi connectivity index (χ0) is 7.14. The summed E-state index contributed by atoms with van der Waals surface area (Å²) in [5.74, 6) is -0.810. The smallest absolute Gasteiger partial charge is 0.142 e. The summed E-state index contributed by atoms with van der Waals surface area (Å²) in [6.07, 6.45) is 4.97. The van der Waals surface area contributed by atoms with E-state index in [1.165, 1.54) is 0 Å². The van der Waals surface area contributed by atoms with E-state index in [0.29, 0.717) is 0 Å². The topological polar surface area (TPSA) is 62.0 Å². The summed E-state index contributed by atoms with van der Waals surface area (Å²) in [4.78, 5) is 23.9. The van der Waals surface area contributed by atoms with Crippen LogP contribution in [-0.4, -0.2) is 16.8 Å². The van der Waals surface area contributed by atoms with E-state index in [2.05, 4.69) is 22.7 Å². The molecule has 0 aliphatic carbocycles. The second-order valence-corrected chi connectivity index (χ2v) is 1.91. The van der Waals surface area contributed by atoms with Gasteiger partial charge < -0.3 is 15.1 Å². The maximum absolute atomic E-state index is 10.7. The van der Waals surface area contributed by atoms with Gasteiger partial charge in [-0.25, -0.2) is 11.8 Å². The van der Waals surface area contributed by atoms with Crippen molar-refractivity contribution in [2.45, 2.75) is 0 Å². The molecule has 1 aromatic heterocycles. The number of hydrogen-bond acceptors (Lipinski definition) is 2. The van der Waals surface area contributed by atoms with Gasteiger partial charge in [-0.1, -0.05) is 0 Å². The van der Waals surface area contributed by atoms with Gasteiger partial charge in [-0.05, 0) is 0 Å². The standard InChI is InChI=1S/C6H2N2O2.Re.Rf/c9-5-3-1-7-2-4(3)6(10)8-5;;/h7H,(H,8,9,10);;/q-2;;. The summed E-state index contributed by atoms with van der Waals surface area (Å²) in [6.45, 7) is 0. The van der Waals surface area contributed by atoms with Crippen LogP contribution in [0.2, 0.25) is 0 Å². The van der Waals surface area contributed by atoms with Crippen LogP contribution in [0.4, 0.5) is 0 Å². The molecule has 6 heteroatoms. The Hall–Kier alpha value is -1.92. The first-order valence-corrected chi connectivity index (χ1v) is 2.66. The Morgan fingerprint density at radius 2 is 1.42 bits per heavy atom. The molecule has 2 amide bonds. The maximum atomic E-state index is 10.7. The van der Waals surface area contributed by atoms with Gasteiger partial charge in [0.05, 0.1) is 5.91 Å². The van der Waals surface area contributed by atoms with Crippen molar-refractivity contribution in [3.63, 3.8) is 0 Å². The number of aromatic amines is 1. The van der Waals surface area contributed by atoms with Gasteiger partial charge in [-0.15, -0.1) is 0 Å². The third-order valence-electron chi connectivity index (χ3n) is 1.31. The first-order valence-electron chi connectivity index (χ1n) is 2.66.